The highest BCUT2D eigenvalue weighted by molar-refractivity contribution is 6.12. The van der Waals surface area contributed by atoms with Gasteiger partial charge >= 0.3 is 12.0 Å². The SMILES string of the molecule is CCOC(=O)[C@H](Cc1ccc(-c2cccc(N(C)C(=O)Nc3ccc(N(C)C)cc3)c2)cc1)Nc1ccccc1C(=O)c1ccccc1. The number of ether oxygens (including phenoxy) is 1. The molecular weight excluding hydrogens is 600 g/mol. The van der Waals surface area contributed by atoms with E-state index >= 15 is 0 Å². The van der Waals surface area contributed by atoms with E-state index in [0.717, 1.165) is 28.1 Å². The molecule has 0 aliphatic carbocycles. The first kappa shape index (κ1) is 33.5. The topological polar surface area (TPSA) is 91.0 Å². The molecule has 0 saturated heterocycles. The normalized spacial score (nSPS) is 11.2. The number of hydrogen-bond acceptors (Lipinski definition) is 6. The van der Waals surface area contributed by atoms with Gasteiger partial charge in [-0.3, -0.25) is 9.69 Å². The van der Waals surface area contributed by atoms with Crippen molar-refractivity contribution in [2.75, 3.05) is 48.2 Å². The smallest absolute Gasteiger partial charge is 0.328 e. The summed E-state index contributed by atoms with van der Waals surface area (Å²) in [6, 6.07) is 38.7. The Morgan fingerprint density at radius 1 is 0.708 bits per heavy atom. The largest absolute Gasteiger partial charge is 0.464 e. The van der Waals surface area contributed by atoms with Crippen molar-refractivity contribution in [2.24, 2.45) is 0 Å². The number of ketones is 1. The molecule has 0 heterocycles. The Bertz CT molecular complexity index is 1860. The lowest BCUT2D eigenvalue weighted by atomic mass is 9.98. The number of rotatable bonds is 12. The Kier molecular flexibility index (Phi) is 10.9. The average molecular weight is 641 g/mol. The second-order valence-corrected chi connectivity index (χ2v) is 11.6. The summed E-state index contributed by atoms with van der Waals surface area (Å²) in [5.41, 5.74) is 6.96. The van der Waals surface area contributed by atoms with Gasteiger partial charge in [0.1, 0.15) is 6.04 Å². The standard InChI is InChI=1S/C40H40N4O4/c1-5-48-39(46)37(42-36-17-10-9-16-35(36)38(45)30-12-7-6-8-13-30)26-28-18-20-29(21-19-28)31-14-11-15-34(27-31)44(4)40(47)41-32-22-24-33(25-23-32)43(2)3/h6-25,27,37,42H,5,26H2,1-4H3,(H,41,47)/t37-/m0/s1. The number of carbonyl (C=O) groups is 3. The number of para-hydroxylation sites is 1. The van der Waals surface area contributed by atoms with Crippen molar-refractivity contribution < 1.29 is 19.1 Å². The third-order valence-corrected chi connectivity index (χ3v) is 8.01. The highest BCUT2D eigenvalue weighted by atomic mass is 16.5. The first-order valence-corrected chi connectivity index (χ1v) is 15.9. The van der Waals surface area contributed by atoms with Crippen LogP contribution in [-0.4, -0.2) is 51.6 Å². The predicted molar refractivity (Wildman–Crippen MR) is 194 cm³/mol. The molecule has 48 heavy (non-hydrogen) atoms. The fourth-order valence-corrected chi connectivity index (χ4v) is 5.31. The van der Waals surface area contributed by atoms with Gasteiger partial charge in [0.05, 0.1) is 6.61 Å². The lowest BCUT2D eigenvalue weighted by molar-refractivity contribution is -0.144. The van der Waals surface area contributed by atoms with Crippen molar-refractivity contribution in [1.82, 2.24) is 0 Å². The van der Waals surface area contributed by atoms with Crippen LogP contribution in [-0.2, 0) is 16.0 Å². The molecule has 0 aliphatic heterocycles. The molecule has 0 aliphatic rings. The van der Waals surface area contributed by atoms with Crippen LogP contribution in [0, 0.1) is 0 Å². The van der Waals surface area contributed by atoms with Crippen LogP contribution in [0.2, 0.25) is 0 Å². The second-order valence-electron chi connectivity index (χ2n) is 11.6. The summed E-state index contributed by atoms with van der Waals surface area (Å²) in [4.78, 5) is 43.0. The van der Waals surface area contributed by atoms with E-state index in [4.69, 9.17) is 4.74 Å². The maximum atomic E-state index is 13.3. The minimum Gasteiger partial charge on any atom is -0.464 e. The number of esters is 1. The Labute approximate surface area is 282 Å². The predicted octanol–water partition coefficient (Wildman–Crippen LogP) is 7.91. The summed E-state index contributed by atoms with van der Waals surface area (Å²) >= 11 is 0. The summed E-state index contributed by atoms with van der Waals surface area (Å²) in [5.74, 6) is -0.527. The van der Waals surface area contributed by atoms with Gasteiger partial charge in [0.25, 0.3) is 0 Å². The van der Waals surface area contributed by atoms with Gasteiger partial charge in [-0.2, -0.15) is 0 Å². The van der Waals surface area contributed by atoms with Gasteiger partial charge in [0, 0.05) is 61.4 Å². The molecule has 1 atom stereocenters. The number of benzene rings is 5. The minimum atomic E-state index is -0.713. The molecule has 0 unspecified atom stereocenters. The fraction of sp³-hybridized carbons (Fsp3) is 0.175. The van der Waals surface area contributed by atoms with Crippen LogP contribution >= 0.6 is 0 Å². The van der Waals surface area contributed by atoms with Gasteiger partial charge in [-0.25, -0.2) is 9.59 Å². The number of urea groups is 1. The van der Waals surface area contributed by atoms with Gasteiger partial charge in [-0.1, -0.05) is 78.9 Å². The molecule has 5 rings (SSSR count). The van der Waals surface area contributed by atoms with Gasteiger partial charge in [0.15, 0.2) is 5.78 Å². The van der Waals surface area contributed by atoms with E-state index in [0.29, 0.717) is 28.9 Å². The van der Waals surface area contributed by atoms with E-state index in [-0.39, 0.29) is 18.4 Å². The lowest BCUT2D eigenvalue weighted by Crippen LogP contribution is -2.34. The zero-order valence-electron chi connectivity index (χ0n) is 27.6. The Balaban J connectivity index is 1.29. The molecule has 2 N–H and O–H groups in total. The molecule has 0 fully saturated rings. The summed E-state index contributed by atoms with van der Waals surface area (Å²) in [5, 5.41) is 6.24. The van der Waals surface area contributed by atoms with Crippen LogP contribution in [0.1, 0.15) is 28.4 Å². The molecular formula is C40H40N4O4. The zero-order valence-corrected chi connectivity index (χ0v) is 27.6. The van der Waals surface area contributed by atoms with Gasteiger partial charge in [-0.15, -0.1) is 0 Å². The fourth-order valence-electron chi connectivity index (χ4n) is 5.31. The van der Waals surface area contributed by atoms with Crippen molar-refractivity contribution >= 4 is 40.5 Å². The second kappa shape index (κ2) is 15.6. The molecule has 244 valence electrons. The zero-order chi connectivity index (χ0) is 34.0. The molecule has 0 saturated carbocycles. The van der Waals surface area contributed by atoms with Gasteiger partial charge < -0.3 is 20.3 Å². The van der Waals surface area contributed by atoms with Crippen LogP contribution in [0.25, 0.3) is 11.1 Å². The monoisotopic (exact) mass is 640 g/mol. The summed E-state index contributed by atoms with van der Waals surface area (Å²) in [6.45, 7) is 2.01. The Hall–Kier alpha value is -5.89. The number of amides is 2. The Morgan fingerprint density at radius 2 is 1.40 bits per heavy atom. The lowest BCUT2D eigenvalue weighted by Gasteiger charge is -2.21. The summed E-state index contributed by atoms with van der Waals surface area (Å²) < 4.78 is 5.41. The molecule has 0 bridgehead atoms. The summed E-state index contributed by atoms with van der Waals surface area (Å²) in [7, 11) is 5.68. The summed E-state index contributed by atoms with van der Waals surface area (Å²) in [6.07, 6.45) is 0.353. The van der Waals surface area contributed by atoms with Crippen molar-refractivity contribution in [3.05, 3.63) is 144 Å². The quantitative estimate of drug-likeness (QED) is 0.106. The van der Waals surface area contributed by atoms with E-state index in [1.165, 1.54) is 0 Å². The maximum absolute atomic E-state index is 13.3. The van der Waals surface area contributed by atoms with Crippen molar-refractivity contribution in [2.45, 2.75) is 19.4 Å². The van der Waals surface area contributed by atoms with Gasteiger partial charge in [-0.05, 0) is 72.1 Å². The van der Waals surface area contributed by atoms with E-state index in [1.54, 1.807) is 43.1 Å². The minimum absolute atomic E-state index is 0.130. The highest BCUT2D eigenvalue weighted by Gasteiger charge is 2.23. The number of nitrogens with zero attached hydrogens (tertiary/aromatic N) is 2. The molecule has 0 aromatic heterocycles. The van der Waals surface area contributed by atoms with Crippen molar-refractivity contribution in [3.63, 3.8) is 0 Å². The van der Waals surface area contributed by atoms with Crippen LogP contribution in [0.5, 0.6) is 0 Å². The number of hydrogen-bond donors (Lipinski definition) is 2. The molecule has 0 spiro atoms. The number of carbonyl (C=O) groups excluding carboxylic acids is 3. The van der Waals surface area contributed by atoms with Gasteiger partial charge in [0.2, 0.25) is 0 Å². The van der Waals surface area contributed by atoms with E-state index in [1.807, 2.05) is 122 Å². The van der Waals surface area contributed by atoms with Crippen LogP contribution in [0.15, 0.2) is 127 Å². The number of anilines is 4. The average Bonchev–Trinajstić information content (AvgIpc) is 3.12. The number of nitrogens with one attached hydrogen (secondary N) is 2. The first-order valence-electron chi connectivity index (χ1n) is 15.9. The van der Waals surface area contributed by atoms with E-state index in [9.17, 15) is 14.4 Å². The molecule has 8 heteroatoms. The van der Waals surface area contributed by atoms with Crippen molar-refractivity contribution in [1.29, 1.82) is 0 Å². The Morgan fingerprint density at radius 3 is 2.08 bits per heavy atom. The van der Waals surface area contributed by atoms with Crippen molar-refractivity contribution in [3.8, 4) is 11.1 Å². The molecule has 0 radical (unpaired) electrons. The highest BCUT2D eigenvalue weighted by Crippen LogP contribution is 2.27. The van der Waals surface area contributed by atoms with Crippen LogP contribution in [0.3, 0.4) is 0 Å². The van der Waals surface area contributed by atoms with Crippen LogP contribution in [0.4, 0.5) is 27.5 Å². The first-order chi connectivity index (χ1) is 23.2. The molecule has 8 nitrogen and oxygen atoms in total. The molecule has 5 aromatic rings. The third kappa shape index (κ3) is 8.27. The maximum Gasteiger partial charge on any atom is 0.328 e. The third-order valence-electron chi connectivity index (χ3n) is 8.01. The van der Waals surface area contributed by atoms with Crippen LogP contribution < -0.4 is 20.4 Å². The molecule has 5 aromatic carbocycles. The van der Waals surface area contributed by atoms with E-state index in [2.05, 4.69) is 10.6 Å². The molecule has 2 amide bonds. The van der Waals surface area contributed by atoms with E-state index < -0.39 is 12.0 Å².